The van der Waals surface area contributed by atoms with Crippen LogP contribution in [0, 0.1) is 17.8 Å². The summed E-state index contributed by atoms with van der Waals surface area (Å²) in [5, 5.41) is 128. The van der Waals surface area contributed by atoms with Crippen molar-refractivity contribution in [2.75, 3.05) is 20.3 Å². The summed E-state index contributed by atoms with van der Waals surface area (Å²) in [4.78, 5) is 12.7. The Balaban J connectivity index is 1.02. The molecule has 0 bridgehead atoms. The average Bonchev–Trinajstić information content (AvgIpc) is 3.29. The largest absolute Gasteiger partial charge is 0.454 e. The minimum absolute atomic E-state index is 0.0423. The van der Waals surface area contributed by atoms with Crippen molar-refractivity contribution in [1.82, 2.24) is 0 Å². The van der Waals surface area contributed by atoms with E-state index in [-0.39, 0.29) is 37.2 Å². The molecule has 7 fully saturated rings. The van der Waals surface area contributed by atoms with E-state index >= 15 is 0 Å². The summed E-state index contributed by atoms with van der Waals surface area (Å²) >= 11 is 0. The molecule has 0 aromatic rings. The van der Waals surface area contributed by atoms with E-state index in [9.17, 15) is 66.1 Å². The van der Waals surface area contributed by atoms with Crippen LogP contribution in [0.15, 0.2) is 12.2 Å². The molecule has 12 N–H and O–H groups in total. The third-order valence-electron chi connectivity index (χ3n) is 14.6. The first-order chi connectivity index (χ1) is 31.0. The lowest BCUT2D eigenvalue weighted by Gasteiger charge is -2.52. The van der Waals surface area contributed by atoms with Crippen LogP contribution in [0.2, 0.25) is 0 Å². The van der Waals surface area contributed by atoms with Gasteiger partial charge in [-0.3, -0.25) is 0 Å². The minimum Gasteiger partial charge on any atom is -0.454 e. The number of carbonyl (C=O) groups excluding carboxylic acids is 1. The zero-order valence-electron chi connectivity index (χ0n) is 36.6. The molecule has 0 spiro atoms. The highest BCUT2D eigenvalue weighted by Crippen LogP contribution is 2.45. The Morgan fingerprint density at radius 3 is 1.91 bits per heavy atom. The van der Waals surface area contributed by atoms with E-state index in [1.807, 2.05) is 0 Å². The van der Waals surface area contributed by atoms with E-state index in [0.717, 1.165) is 0 Å². The molecule has 3 saturated carbocycles. The van der Waals surface area contributed by atoms with Gasteiger partial charge in [0.05, 0.1) is 68.1 Å². The van der Waals surface area contributed by atoms with Crippen molar-refractivity contribution < 1.29 is 109 Å². The van der Waals surface area contributed by atoms with Crippen LogP contribution >= 0.6 is 0 Å². The van der Waals surface area contributed by atoms with Gasteiger partial charge in [-0.2, -0.15) is 0 Å². The first kappa shape index (κ1) is 51.3. The van der Waals surface area contributed by atoms with Crippen LogP contribution in [-0.2, 0) is 47.4 Å². The first-order valence-electron chi connectivity index (χ1n) is 23.0. The van der Waals surface area contributed by atoms with Crippen molar-refractivity contribution in [2.45, 2.75) is 212 Å². The number of methoxy groups -OCH3 is 1. The van der Waals surface area contributed by atoms with Gasteiger partial charge in [0.15, 0.2) is 25.0 Å². The molecule has 24 atom stereocenters. The summed E-state index contributed by atoms with van der Waals surface area (Å²) < 4.78 is 53.7. The maximum atomic E-state index is 12.7. The number of carbonyl (C=O) groups is 1. The Morgan fingerprint density at radius 2 is 1.25 bits per heavy atom. The fourth-order valence-corrected chi connectivity index (χ4v) is 10.6. The number of hydrogen-bond donors (Lipinski definition) is 12. The predicted molar refractivity (Wildman–Crippen MR) is 216 cm³/mol. The number of ether oxygens (including phenoxy) is 9. The number of allylic oxidation sites excluding steroid dienone is 1. The van der Waals surface area contributed by atoms with Crippen molar-refractivity contribution in [3.8, 4) is 0 Å². The fourth-order valence-electron chi connectivity index (χ4n) is 10.6. The van der Waals surface area contributed by atoms with Crippen LogP contribution in [0.1, 0.15) is 71.1 Å². The van der Waals surface area contributed by atoms with E-state index in [0.29, 0.717) is 44.9 Å². The zero-order valence-corrected chi connectivity index (χ0v) is 36.6. The molecule has 7 aliphatic rings. The quantitative estimate of drug-likeness (QED) is 0.0618. The van der Waals surface area contributed by atoms with Gasteiger partial charge in [0.25, 0.3) is 0 Å². The second kappa shape index (κ2) is 22.4. The maximum absolute atomic E-state index is 12.7. The number of hydrogen-bond acceptors (Lipinski definition) is 22. The lowest BCUT2D eigenvalue weighted by molar-refractivity contribution is -0.351. The normalized spacial score (nSPS) is 51.0. The van der Waals surface area contributed by atoms with Crippen molar-refractivity contribution >= 4 is 5.97 Å². The standard InChI is InChI=1S/C43H70O22/c1-17-39(65-30(48)10-5-18-3-7-20(45)8-4-18)35(53)38(56)41(59-17)58-16-29-32(50)34(52)37(55)43(64-29)62-27-14-22-24(60-40(27)19-6-9-23(47)26(11-19)57-2)12-21(46)13-25(22)61-42-36(54)33(51)31(49)28(15-44)63-42/h5,10,17-29,31-47,49-56H,3-4,6-9,11-16H2,1-2H3/t17-,18?,19?,20?,21?,22?,23?,24?,25?,26?,27?,28+,29+,31+,32+,33-,34-,35-,36+,37+,38+,39-,40?,41+,42+,43+/m0/s1. The Kier molecular flexibility index (Phi) is 17.7. The van der Waals surface area contributed by atoms with Crippen LogP contribution in [0.3, 0.4) is 0 Å². The van der Waals surface area contributed by atoms with Crippen LogP contribution in [0.5, 0.6) is 0 Å². The summed E-state index contributed by atoms with van der Waals surface area (Å²) in [6, 6.07) is 0. The van der Waals surface area contributed by atoms with Gasteiger partial charge in [-0.25, -0.2) is 4.79 Å². The van der Waals surface area contributed by atoms with Crippen molar-refractivity contribution in [1.29, 1.82) is 0 Å². The number of fused-ring (bicyclic) bond motifs is 1. The topological polar surface area (TPSA) is 343 Å². The lowest BCUT2D eigenvalue weighted by Crippen LogP contribution is -2.64. The molecule has 7 rings (SSSR count). The molecule has 0 radical (unpaired) electrons. The lowest BCUT2D eigenvalue weighted by atomic mass is 9.72. The van der Waals surface area contributed by atoms with Gasteiger partial charge < -0.3 is 104 Å². The molecule has 0 amide bonds. The molecule has 4 aliphatic heterocycles. The molecule has 22 nitrogen and oxygen atoms in total. The van der Waals surface area contributed by atoms with E-state index in [2.05, 4.69) is 0 Å². The van der Waals surface area contributed by atoms with Gasteiger partial charge in [0.2, 0.25) is 0 Å². The number of esters is 1. The third kappa shape index (κ3) is 11.7. The molecule has 4 saturated heterocycles. The monoisotopic (exact) mass is 938 g/mol. The molecule has 0 aromatic carbocycles. The van der Waals surface area contributed by atoms with E-state index in [1.165, 1.54) is 20.1 Å². The molecule has 0 aromatic heterocycles. The average molecular weight is 939 g/mol. The van der Waals surface area contributed by atoms with Gasteiger partial charge >= 0.3 is 5.97 Å². The third-order valence-corrected chi connectivity index (χ3v) is 14.6. The zero-order chi connectivity index (χ0) is 46.9. The Morgan fingerprint density at radius 1 is 0.615 bits per heavy atom. The highest BCUT2D eigenvalue weighted by Gasteiger charge is 2.55. The van der Waals surface area contributed by atoms with Crippen LogP contribution in [0.25, 0.3) is 0 Å². The van der Waals surface area contributed by atoms with Crippen LogP contribution in [-0.4, -0.2) is 229 Å². The highest BCUT2D eigenvalue weighted by molar-refractivity contribution is 5.82. The summed E-state index contributed by atoms with van der Waals surface area (Å²) in [6.45, 7) is 0.278. The Labute approximate surface area is 376 Å². The number of aliphatic hydroxyl groups is 12. The minimum atomic E-state index is -1.83. The highest BCUT2D eigenvalue weighted by atomic mass is 16.7. The molecule has 3 aliphatic carbocycles. The van der Waals surface area contributed by atoms with Gasteiger partial charge in [-0.1, -0.05) is 6.08 Å². The maximum Gasteiger partial charge on any atom is 0.330 e. The Hall–Kier alpha value is -1.59. The van der Waals surface area contributed by atoms with E-state index in [1.54, 1.807) is 6.08 Å². The smallest absolute Gasteiger partial charge is 0.330 e. The molecule has 65 heavy (non-hydrogen) atoms. The van der Waals surface area contributed by atoms with Gasteiger partial charge in [0, 0.05) is 25.5 Å². The molecular formula is C43H70O22. The van der Waals surface area contributed by atoms with Crippen LogP contribution < -0.4 is 0 Å². The van der Waals surface area contributed by atoms with Crippen molar-refractivity contribution in [3.05, 3.63) is 12.2 Å². The molecule has 9 unspecified atom stereocenters. The van der Waals surface area contributed by atoms with E-state index in [4.69, 9.17) is 42.6 Å². The summed E-state index contributed by atoms with van der Waals surface area (Å²) in [5.74, 6) is -1.51. The molecule has 374 valence electrons. The molecule has 22 heteroatoms. The van der Waals surface area contributed by atoms with Crippen molar-refractivity contribution in [2.24, 2.45) is 17.8 Å². The van der Waals surface area contributed by atoms with Crippen molar-refractivity contribution in [3.63, 3.8) is 0 Å². The van der Waals surface area contributed by atoms with Gasteiger partial charge in [-0.15, -0.1) is 0 Å². The Bertz CT molecular complexity index is 1530. The van der Waals surface area contributed by atoms with Gasteiger partial charge in [0.1, 0.15) is 61.0 Å². The molecule has 4 heterocycles. The summed E-state index contributed by atoms with van der Waals surface area (Å²) in [6.07, 6.45) is -21.9. The first-order valence-corrected chi connectivity index (χ1v) is 23.0. The summed E-state index contributed by atoms with van der Waals surface area (Å²) in [7, 11) is 1.48. The summed E-state index contributed by atoms with van der Waals surface area (Å²) in [5.41, 5.74) is 0. The van der Waals surface area contributed by atoms with Crippen LogP contribution in [0.4, 0.5) is 0 Å². The number of rotatable bonds is 13. The second-order valence-corrected chi connectivity index (χ2v) is 19.0. The number of aliphatic hydroxyl groups excluding tert-OH is 12. The van der Waals surface area contributed by atoms with E-state index < -0.39 is 160 Å². The fraction of sp³-hybridized carbons (Fsp3) is 0.930. The second-order valence-electron chi connectivity index (χ2n) is 19.0. The van der Waals surface area contributed by atoms with Gasteiger partial charge in [-0.05, 0) is 76.5 Å². The SMILES string of the molecule is COC1CC(C2OC3CC(O)CC(O[C@@H]4O[C@H](CO)[C@@H](O)[C@H](O)[C@H]4O)C3CC2O[C@@H]2O[C@H](CO[C@@H]3O[C@@H](C)[C@H](OC(=O)C=CC4CCC(O)CC4)[C@@H](O)[C@H]3O)[C@@H](O)[C@H](O)[C@H]2O)CCC1O. The predicted octanol–water partition coefficient (Wildman–Crippen LogP) is -4.03. The molecular weight excluding hydrogens is 868 g/mol.